The molecule has 1 N–H and O–H groups in total. The van der Waals surface area contributed by atoms with Gasteiger partial charge in [-0.3, -0.25) is 9.52 Å². The number of fused-ring (bicyclic) bond motifs is 1. The molecule has 1 heterocycles. The number of nitriles is 1. The SMILES string of the molecule is COCCOCOc1ccc(N2CCc3cc(-c4ccc(C(C)(C)C)cc4C#N)ccc3C2=O)cc1NS(C)(=O)=O. The highest BCUT2D eigenvalue weighted by atomic mass is 32.2. The molecule has 10 heteroatoms. The molecule has 9 nitrogen and oxygen atoms in total. The first-order valence-electron chi connectivity index (χ1n) is 13.2. The lowest BCUT2D eigenvalue weighted by Crippen LogP contribution is -2.37. The van der Waals surface area contributed by atoms with E-state index in [2.05, 4.69) is 31.6 Å². The third kappa shape index (κ3) is 7.24. The highest BCUT2D eigenvalue weighted by molar-refractivity contribution is 7.92. The minimum absolute atomic E-state index is 0.0747. The summed E-state index contributed by atoms with van der Waals surface area (Å²) in [6.45, 7) is 7.37. The number of methoxy groups -OCH3 is 1. The molecule has 0 saturated carbocycles. The average molecular weight is 578 g/mol. The average Bonchev–Trinajstić information content (AvgIpc) is 2.92. The number of anilines is 2. The van der Waals surface area contributed by atoms with E-state index in [1.165, 1.54) is 0 Å². The highest BCUT2D eigenvalue weighted by Crippen LogP contribution is 2.35. The number of nitrogens with zero attached hydrogens (tertiary/aromatic N) is 2. The van der Waals surface area contributed by atoms with Crippen molar-refractivity contribution in [3.63, 3.8) is 0 Å². The number of rotatable bonds is 10. The molecule has 0 bridgehead atoms. The van der Waals surface area contributed by atoms with Crippen LogP contribution in [-0.2, 0) is 31.3 Å². The second kappa shape index (κ2) is 12.3. The summed E-state index contributed by atoms with van der Waals surface area (Å²) in [5.74, 6) is 0.0835. The van der Waals surface area contributed by atoms with Gasteiger partial charge in [-0.25, -0.2) is 8.42 Å². The van der Waals surface area contributed by atoms with Gasteiger partial charge in [-0.05, 0) is 64.4 Å². The molecule has 0 atom stereocenters. The molecular weight excluding hydrogens is 542 g/mol. The monoisotopic (exact) mass is 577 g/mol. The van der Waals surface area contributed by atoms with E-state index in [-0.39, 0.29) is 29.6 Å². The van der Waals surface area contributed by atoms with E-state index >= 15 is 0 Å². The normalized spacial score (nSPS) is 13.5. The van der Waals surface area contributed by atoms with Crippen molar-refractivity contribution < 1.29 is 27.4 Å². The smallest absolute Gasteiger partial charge is 0.258 e. The van der Waals surface area contributed by atoms with Crippen molar-refractivity contribution in [3.05, 3.63) is 76.9 Å². The first-order chi connectivity index (χ1) is 19.4. The highest BCUT2D eigenvalue weighted by Gasteiger charge is 2.27. The molecule has 0 unspecified atom stereocenters. The van der Waals surface area contributed by atoms with Gasteiger partial charge in [-0.2, -0.15) is 5.26 Å². The van der Waals surface area contributed by atoms with Gasteiger partial charge in [-0.15, -0.1) is 0 Å². The zero-order chi connectivity index (χ0) is 29.8. The van der Waals surface area contributed by atoms with E-state index in [1.807, 2.05) is 30.3 Å². The van der Waals surface area contributed by atoms with Gasteiger partial charge < -0.3 is 19.1 Å². The molecule has 216 valence electrons. The quantitative estimate of drug-likeness (QED) is 0.263. The van der Waals surface area contributed by atoms with Gasteiger partial charge in [0.1, 0.15) is 5.75 Å². The van der Waals surface area contributed by atoms with Crippen molar-refractivity contribution in [1.82, 2.24) is 0 Å². The number of carbonyl (C=O) groups excluding carboxylic acids is 1. The number of nitrogens with one attached hydrogen (secondary N) is 1. The topological polar surface area (TPSA) is 118 Å². The number of carbonyl (C=O) groups is 1. The van der Waals surface area contributed by atoms with Crippen molar-refractivity contribution in [2.24, 2.45) is 0 Å². The zero-order valence-electron chi connectivity index (χ0n) is 24.0. The molecule has 0 aromatic heterocycles. The maximum absolute atomic E-state index is 13.6. The Kier molecular flexibility index (Phi) is 9.02. The number of benzene rings is 3. The Bertz CT molecular complexity index is 1590. The first-order valence-corrected chi connectivity index (χ1v) is 15.1. The summed E-state index contributed by atoms with van der Waals surface area (Å²) in [4.78, 5) is 15.2. The molecule has 0 aliphatic carbocycles. The number of ether oxygens (including phenoxy) is 3. The fourth-order valence-corrected chi connectivity index (χ4v) is 5.21. The number of hydrogen-bond donors (Lipinski definition) is 1. The Labute approximate surface area is 241 Å². The Hall–Kier alpha value is -3.91. The van der Waals surface area contributed by atoms with Crippen molar-refractivity contribution >= 4 is 27.3 Å². The standard InChI is InChI=1S/C31H35N3O6S/c1-31(2,3)24-7-10-26(23(17-24)19-32)21-6-9-27-22(16-21)12-13-34(30(27)35)25-8-11-29(40-20-39-15-14-38-4)28(18-25)33-41(5,36)37/h6-11,16-18,33H,12-15,20H2,1-5H3. The summed E-state index contributed by atoms with van der Waals surface area (Å²) < 4.78 is 42.4. The first kappa shape index (κ1) is 30.1. The van der Waals surface area contributed by atoms with E-state index in [4.69, 9.17) is 14.2 Å². The molecule has 0 saturated heterocycles. The van der Waals surface area contributed by atoms with E-state index in [0.29, 0.717) is 43.0 Å². The Balaban J connectivity index is 1.59. The van der Waals surface area contributed by atoms with Gasteiger partial charge in [0, 0.05) is 24.9 Å². The van der Waals surface area contributed by atoms with Crippen LogP contribution in [0.3, 0.4) is 0 Å². The summed E-state index contributed by atoms with van der Waals surface area (Å²) in [5, 5.41) is 9.83. The predicted molar refractivity (Wildman–Crippen MR) is 159 cm³/mol. The lowest BCUT2D eigenvalue weighted by molar-refractivity contribution is -0.00814. The molecule has 1 amide bonds. The van der Waals surface area contributed by atoms with Crippen LogP contribution in [0.5, 0.6) is 5.75 Å². The second-order valence-corrected chi connectivity index (χ2v) is 12.7. The molecule has 1 aliphatic rings. The third-order valence-corrected chi connectivity index (χ3v) is 7.39. The van der Waals surface area contributed by atoms with Crippen LogP contribution in [0.2, 0.25) is 0 Å². The summed E-state index contributed by atoms with van der Waals surface area (Å²) in [5.41, 5.74) is 5.52. The van der Waals surface area contributed by atoms with Crippen LogP contribution < -0.4 is 14.4 Å². The number of hydrogen-bond acceptors (Lipinski definition) is 7. The van der Waals surface area contributed by atoms with Crippen molar-refractivity contribution in [2.75, 3.05) is 49.5 Å². The van der Waals surface area contributed by atoms with Gasteiger partial charge in [0.25, 0.3) is 5.91 Å². The molecule has 1 aliphatic heterocycles. The minimum atomic E-state index is -3.61. The zero-order valence-corrected chi connectivity index (χ0v) is 24.8. The molecule has 0 spiro atoms. The lowest BCUT2D eigenvalue weighted by Gasteiger charge is -2.29. The Morgan fingerprint density at radius 2 is 1.78 bits per heavy atom. The van der Waals surface area contributed by atoms with Crippen LogP contribution in [0.15, 0.2) is 54.6 Å². The molecule has 41 heavy (non-hydrogen) atoms. The van der Waals surface area contributed by atoms with Gasteiger partial charge >= 0.3 is 0 Å². The molecule has 3 aromatic carbocycles. The van der Waals surface area contributed by atoms with E-state index in [1.54, 1.807) is 36.3 Å². The van der Waals surface area contributed by atoms with Crippen molar-refractivity contribution in [3.8, 4) is 22.9 Å². The fraction of sp³-hybridized carbons (Fsp3) is 0.355. The van der Waals surface area contributed by atoms with Crippen LogP contribution in [-0.4, -0.2) is 54.2 Å². The minimum Gasteiger partial charge on any atom is -0.465 e. The summed E-state index contributed by atoms with van der Waals surface area (Å²) in [6.07, 6.45) is 1.64. The maximum Gasteiger partial charge on any atom is 0.258 e. The largest absolute Gasteiger partial charge is 0.465 e. The predicted octanol–water partition coefficient (Wildman–Crippen LogP) is 5.10. The van der Waals surface area contributed by atoms with Crippen LogP contribution in [0.4, 0.5) is 11.4 Å². The third-order valence-electron chi connectivity index (χ3n) is 6.80. The molecule has 0 radical (unpaired) electrons. The maximum atomic E-state index is 13.6. The molecule has 0 fully saturated rings. The molecular formula is C31H35N3O6S. The van der Waals surface area contributed by atoms with Gasteiger partial charge in [0.2, 0.25) is 10.0 Å². The summed E-state index contributed by atoms with van der Waals surface area (Å²) in [7, 11) is -2.05. The van der Waals surface area contributed by atoms with Crippen LogP contribution in [0.25, 0.3) is 11.1 Å². The Morgan fingerprint density at radius 3 is 2.46 bits per heavy atom. The van der Waals surface area contributed by atoms with Gasteiger partial charge in [0.15, 0.2) is 6.79 Å². The van der Waals surface area contributed by atoms with Crippen LogP contribution >= 0.6 is 0 Å². The molecule has 4 rings (SSSR count). The van der Waals surface area contributed by atoms with E-state index in [9.17, 15) is 18.5 Å². The van der Waals surface area contributed by atoms with Crippen LogP contribution in [0.1, 0.15) is 47.8 Å². The lowest BCUT2D eigenvalue weighted by atomic mass is 9.84. The summed E-state index contributed by atoms with van der Waals surface area (Å²) >= 11 is 0. The van der Waals surface area contributed by atoms with E-state index < -0.39 is 10.0 Å². The number of amides is 1. The molecule has 3 aromatic rings. The van der Waals surface area contributed by atoms with Gasteiger partial charge in [-0.1, -0.05) is 45.0 Å². The van der Waals surface area contributed by atoms with Crippen molar-refractivity contribution in [2.45, 2.75) is 32.6 Å². The Morgan fingerprint density at radius 1 is 1.02 bits per heavy atom. The van der Waals surface area contributed by atoms with Gasteiger partial charge in [0.05, 0.1) is 36.8 Å². The number of sulfonamides is 1. The fourth-order valence-electron chi connectivity index (χ4n) is 4.65. The van der Waals surface area contributed by atoms with E-state index in [0.717, 1.165) is 28.5 Å². The second-order valence-electron chi connectivity index (χ2n) is 10.9. The summed E-state index contributed by atoms with van der Waals surface area (Å²) in [6, 6.07) is 18.8. The van der Waals surface area contributed by atoms with Crippen LogP contribution in [0, 0.1) is 11.3 Å². The van der Waals surface area contributed by atoms with Crippen molar-refractivity contribution in [1.29, 1.82) is 5.26 Å².